The van der Waals surface area contributed by atoms with E-state index in [9.17, 15) is 0 Å². The van der Waals surface area contributed by atoms with Gasteiger partial charge in [-0.15, -0.1) is 0 Å². The first-order valence-corrected chi connectivity index (χ1v) is 3.90. The number of rotatable bonds is 3. The fraction of sp³-hybridized carbons (Fsp3) is 0.111. The lowest BCUT2D eigenvalue weighted by molar-refractivity contribution is 0.970. The van der Waals surface area contributed by atoms with Crippen molar-refractivity contribution in [2.24, 2.45) is 10.7 Å². The molecule has 0 aromatic carbocycles. The molecule has 0 spiro atoms. The van der Waals surface area contributed by atoms with Gasteiger partial charge in [-0.2, -0.15) is 0 Å². The van der Waals surface area contributed by atoms with Gasteiger partial charge < -0.3 is 11.1 Å². The monoisotopic (exact) mass is 176 g/mol. The average molecular weight is 176 g/mol. The van der Waals surface area contributed by atoms with Crippen LogP contribution < -0.4 is 11.1 Å². The Hall–Kier alpha value is -1.84. The molecule has 0 fully saturated rings. The summed E-state index contributed by atoms with van der Waals surface area (Å²) in [4.78, 5) is 8.13. The summed E-state index contributed by atoms with van der Waals surface area (Å²) in [5.41, 5.74) is 6.36. The second kappa shape index (κ2) is 4.92. The molecule has 0 radical (unpaired) electrons. The maximum Gasteiger partial charge on any atom is 0.193 e. The summed E-state index contributed by atoms with van der Waals surface area (Å²) in [7, 11) is 0. The van der Waals surface area contributed by atoms with E-state index in [1.807, 2.05) is 18.2 Å². The Labute approximate surface area is 77.2 Å². The van der Waals surface area contributed by atoms with Crippen LogP contribution >= 0.6 is 0 Å². The van der Waals surface area contributed by atoms with Crippen LogP contribution in [0.5, 0.6) is 0 Å². The van der Waals surface area contributed by atoms with Crippen LogP contribution in [-0.4, -0.2) is 10.9 Å². The smallest absolute Gasteiger partial charge is 0.193 e. The molecule has 0 saturated heterocycles. The van der Waals surface area contributed by atoms with Gasteiger partial charge in [0.15, 0.2) is 5.96 Å². The highest BCUT2D eigenvalue weighted by molar-refractivity contribution is 5.78. The molecule has 0 bridgehead atoms. The van der Waals surface area contributed by atoms with Crippen molar-refractivity contribution in [3.63, 3.8) is 0 Å². The topological polar surface area (TPSA) is 63.3 Å². The number of guanidine groups is 1. The van der Waals surface area contributed by atoms with Gasteiger partial charge in [0, 0.05) is 6.20 Å². The van der Waals surface area contributed by atoms with Crippen molar-refractivity contribution in [1.82, 2.24) is 10.3 Å². The molecule has 3 N–H and O–H groups in total. The molecule has 1 aromatic heterocycles. The fourth-order valence-corrected chi connectivity index (χ4v) is 0.808. The summed E-state index contributed by atoms with van der Waals surface area (Å²) in [5, 5.41) is 2.68. The zero-order valence-corrected chi connectivity index (χ0v) is 7.27. The molecule has 0 aliphatic carbocycles. The predicted molar refractivity (Wildman–Crippen MR) is 52.9 cm³/mol. The van der Waals surface area contributed by atoms with Crippen molar-refractivity contribution >= 4 is 5.96 Å². The van der Waals surface area contributed by atoms with Crippen molar-refractivity contribution in [1.29, 1.82) is 0 Å². The van der Waals surface area contributed by atoms with E-state index in [0.29, 0.717) is 12.5 Å². The van der Waals surface area contributed by atoms with E-state index in [0.717, 1.165) is 5.69 Å². The van der Waals surface area contributed by atoms with Gasteiger partial charge in [0.05, 0.1) is 12.2 Å². The van der Waals surface area contributed by atoms with Crippen LogP contribution in [0, 0.1) is 0 Å². The van der Waals surface area contributed by atoms with Crippen molar-refractivity contribution < 1.29 is 0 Å². The molecule has 4 nitrogen and oxygen atoms in total. The Morgan fingerprint density at radius 1 is 1.69 bits per heavy atom. The number of pyridine rings is 1. The molecule has 0 amide bonds. The van der Waals surface area contributed by atoms with Crippen LogP contribution in [0.25, 0.3) is 0 Å². The molecule has 0 atom stereocenters. The first-order chi connectivity index (χ1) is 6.33. The van der Waals surface area contributed by atoms with Gasteiger partial charge in [-0.25, -0.2) is 4.99 Å². The number of hydrogen-bond donors (Lipinski definition) is 2. The van der Waals surface area contributed by atoms with E-state index in [1.54, 1.807) is 6.20 Å². The first-order valence-electron chi connectivity index (χ1n) is 3.90. The molecule has 4 heteroatoms. The third-order valence-corrected chi connectivity index (χ3v) is 1.39. The molecule has 13 heavy (non-hydrogen) atoms. The second-order valence-electron chi connectivity index (χ2n) is 2.37. The van der Waals surface area contributed by atoms with Crippen LogP contribution in [0.4, 0.5) is 0 Å². The maximum absolute atomic E-state index is 5.47. The number of nitrogens with two attached hydrogens (primary N) is 1. The van der Waals surface area contributed by atoms with Crippen molar-refractivity contribution in [3.05, 3.63) is 42.9 Å². The lowest BCUT2D eigenvalue weighted by atomic mass is 10.3. The number of aromatic nitrogens is 1. The molecule has 1 heterocycles. The van der Waals surface area contributed by atoms with Crippen LogP contribution in [0.15, 0.2) is 42.2 Å². The van der Waals surface area contributed by atoms with Crippen LogP contribution in [-0.2, 0) is 6.54 Å². The highest BCUT2D eigenvalue weighted by Gasteiger charge is 1.90. The lowest BCUT2D eigenvalue weighted by Gasteiger charge is -1.98. The van der Waals surface area contributed by atoms with Crippen molar-refractivity contribution in [2.75, 3.05) is 0 Å². The Morgan fingerprint density at radius 3 is 3.15 bits per heavy atom. The number of aliphatic imine (C=N–C) groups is 1. The molecule has 0 aliphatic heterocycles. The minimum atomic E-state index is 0.348. The van der Waals surface area contributed by atoms with E-state index in [-0.39, 0.29) is 0 Å². The Bertz CT molecular complexity index is 292. The van der Waals surface area contributed by atoms with E-state index >= 15 is 0 Å². The Morgan fingerprint density at radius 2 is 2.54 bits per heavy atom. The molecule has 0 aliphatic rings. The summed E-state index contributed by atoms with van der Waals surface area (Å²) in [6, 6.07) is 5.66. The lowest BCUT2D eigenvalue weighted by Crippen LogP contribution is -2.26. The molecule has 0 saturated carbocycles. The third-order valence-electron chi connectivity index (χ3n) is 1.39. The van der Waals surface area contributed by atoms with E-state index in [4.69, 9.17) is 5.73 Å². The fourth-order valence-electron chi connectivity index (χ4n) is 0.808. The number of nitrogens with zero attached hydrogens (tertiary/aromatic N) is 2. The molecular formula is C9H12N4. The zero-order chi connectivity index (χ0) is 9.52. The van der Waals surface area contributed by atoms with E-state index in [1.165, 1.54) is 6.20 Å². The minimum absolute atomic E-state index is 0.348. The van der Waals surface area contributed by atoms with E-state index in [2.05, 4.69) is 21.9 Å². The first kappa shape index (κ1) is 9.25. The highest BCUT2D eigenvalue weighted by Crippen LogP contribution is 1.94. The van der Waals surface area contributed by atoms with Crippen LogP contribution in [0.1, 0.15) is 5.69 Å². The van der Waals surface area contributed by atoms with Gasteiger partial charge in [-0.3, -0.25) is 4.98 Å². The summed E-state index contributed by atoms with van der Waals surface area (Å²) < 4.78 is 0. The van der Waals surface area contributed by atoms with Crippen LogP contribution in [0.3, 0.4) is 0 Å². The van der Waals surface area contributed by atoms with Gasteiger partial charge in [0.1, 0.15) is 0 Å². The maximum atomic E-state index is 5.47. The Balaban J connectivity index is 2.51. The minimum Gasteiger partial charge on any atom is -0.370 e. The Kier molecular flexibility index (Phi) is 3.50. The van der Waals surface area contributed by atoms with Crippen molar-refractivity contribution in [2.45, 2.75) is 6.54 Å². The van der Waals surface area contributed by atoms with Crippen molar-refractivity contribution in [3.8, 4) is 0 Å². The number of hydrogen-bond acceptors (Lipinski definition) is 2. The SMILES string of the molecule is C=CNC(N)=NCc1ccccn1. The van der Waals surface area contributed by atoms with Gasteiger partial charge in [-0.1, -0.05) is 12.6 Å². The summed E-state index contributed by atoms with van der Waals surface area (Å²) in [6.45, 7) is 3.95. The summed E-state index contributed by atoms with van der Waals surface area (Å²) in [5.74, 6) is 0.348. The molecule has 1 aromatic rings. The van der Waals surface area contributed by atoms with Gasteiger partial charge in [-0.05, 0) is 18.3 Å². The zero-order valence-electron chi connectivity index (χ0n) is 7.27. The average Bonchev–Trinajstić information content (AvgIpc) is 2.17. The van der Waals surface area contributed by atoms with Gasteiger partial charge >= 0.3 is 0 Å². The number of nitrogens with one attached hydrogen (secondary N) is 1. The summed E-state index contributed by atoms with van der Waals surface area (Å²) in [6.07, 6.45) is 3.21. The van der Waals surface area contributed by atoms with Crippen LogP contribution in [0.2, 0.25) is 0 Å². The van der Waals surface area contributed by atoms with Gasteiger partial charge in [0.2, 0.25) is 0 Å². The highest BCUT2D eigenvalue weighted by atomic mass is 15.1. The normalized spacial score (nSPS) is 10.9. The largest absolute Gasteiger partial charge is 0.370 e. The standard InChI is InChI=1S/C9H12N4/c1-2-11-9(10)13-7-8-5-3-4-6-12-8/h2-6H,1,7H2,(H3,10,11,13). The quantitative estimate of drug-likeness (QED) is 0.524. The van der Waals surface area contributed by atoms with E-state index < -0.39 is 0 Å². The predicted octanol–water partition coefficient (Wildman–Crippen LogP) is 0.629. The molecule has 0 unspecified atom stereocenters. The summed E-state index contributed by atoms with van der Waals surface area (Å²) >= 11 is 0. The second-order valence-corrected chi connectivity index (χ2v) is 2.37. The van der Waals surface area contributed by atoms with Gasteiger partial charge in [0.25, 0.3) is 0 Å². The molecule has 1 rings (SSSR count). The molecular weight excluding hydrogens is 164 g/mol. The third kappa shape index (κ3) is 3.37. The molecule has 68 valence electrons.